The number of rotatable bonds is 1. The molecule has 104 valence electrons. The van der Waals surface area contributed by atoms with Gasteiger partial charge in [-0.1, -0.05) is 18.2 Å². The van der Waals surface area contributed by atoms with Crippen LogP contribution in [0.3, 0.4) is 0 Å². The van der Waals surface area contributed by atoms with Crippen LogP contribution >= 0.6 is 11.8 Å². The molecule has 0 bridgehead atoms. The summed E-state index contributed by atoms with van der Waals surface area (Å²) in [6, 6.07) is 6.38. The van der Waals surface area contributed by atoms with E-state index in [9.17, 15) is 9.18 Å². The Bertz CT molecular complexity index is 595. The lowest BCUT2D eigenvalue weighted by molar-refractivity contribution is -0.113. The molecule has 2 aliphatic heterocycles. The van der Waals surface area contributed by atoms with Gasteiger partial charge in [-0.25, -0.2) is 4.39 Å². The fourth-order valence-electron chi connectivity index (χ4n) is 2.02. The summed E-state index contributed by atoms with van der Waals surface area (Å²) in [6.45, 7) is 2.73. The maximum atomic E-state index is 13.6. The minimum Gasteiger partial charge on any atom is -0.378 e. The van der Waals surface area contributed by atoms with Crippen LogP contribution in [-0.2, 0) is 9.53 Å². The smallest absolute Gasteiger partial charge is 0.286 e. The Balaban J connectivity index is 1.78. The van der Waals surface area contributed by atoms with Crippen molar-refractivity contribution in [2.75, 3.05) is 26.3 Å². The maximum Gasteiger partial charge on any atom is 0.286 e. The molecule has 0 atom stereocenters. The minimum absolute atomic E-state index is 0.306. The van der Waals surface area contributed by atoms with Crippen LogP contribution in [0.4, 0.5) is 4.39 Å². The fourth-order valence-corrected chi connectivity index (χ4v) is 2.98. The number of thioether (sulfide) groups is 1. The van der Waals surface area contributed by atoms with Gasteiger partial charge in [-0.2, -0.15) is 4.99 Å². The summed E-state index contributed by atoms with van der Waals surface area (Å²) in [7, 11) is 0. The SMILES string of the molecule is O=C1N=C(N2CCOCC2)S/C1=C/c1ccccc1F. The highest BCUT2D eigenvalue weighted by atomic mass is 32.2. The van der Waals surface area contributed by atoms with E-state index in [0.29, 0.717) is 28.9 Å². The Morgan fingerprint density at radius 1 is 1.30 bits per heavy atom. The van der Waals surface area contributed by atoms with Crippen molar-refractivity contribution in [1.82, 2.24) is 4.90 Å². The van der Waals surface area contributed by atoms with E-state index >= 15 is 0 Å². The number of halogens is 1. The van der Waals surface area contributed by atoms with Crippen LogP contribution in [0, 0.1) is 5.82 Å². The van der Waals surface area contributed by atoms with Crippen molar-refractivity contribution in [1.29, 1.82) is 0 Å². The molecule has 2 aliphatic rings. The van der Waals surface area contributed by atoms with Gasteiger partial charge in [0.25, 0.3) is 5.91 Å². The second kappa shape index (κ2) is 5.76. The van der Waals surface area contributed by atoms with Crippen LogP contribution in [0.2, 0.25) is 0 Å². The zero-order valence-corrected chi connectivity index (χ0v) is 11.5. The van der Waals surface area contributed by atoms with Gasteiger partial charge in [-0.15, -0.1) is 0 Å². The lowest BCUT2D eigenvalue weighted by Gasteiger charge is -2.27. The highest BCUT2D eigenvalue weighted by molar-refractivity contribution is 8.18. The standard InChI is InChI=1S/C14H13FN2O2S/c15-11-4-2-1-3-10(11)9-12-13(18)16-14(20-12)17-5-7-19-8-6-17/h1-4,9H,5-8H2/b12-9+. The van der Waals surface area contributed by atoms with Gasteiger partial charge in [0.2, 0.25) is 0 Å². The average molecular weight is 292 g/mol. The first-order valence-corrected chi connectivity index (χ1v) is 7.15. The largest absolute Gasteiger partial charge is 0.378 e. The molecule has 1 fully saturated rings. The Morgan fingerprint density at radius 2 is 2.05 bits per heavy atom. The second-order valence-corrected chi connectivity index (χ2v) is 5.44. The molecule has 0 aliphatic carbocycles. The Labute approximate surface area is 120 Å². The molecule has 1 saturated heterocycles. The van der Waals surface area contributed by atoms with Gasteiger partial charge in [0.1, 0.15) is 5.82 Å². The molecular formula is C14H13FN2O2S. The predicted octanol–water partition coefficient (Wildman–Crippen LogP) is 2.13. The lowest BCUT2D eigenvalue weighted by Crippen LogP contribution is -2.38. The Morgan fingerprint density at radius 3 is 2.80 bits per heavy atom. The second-order valence-electron chi connectivity index (χ2n) is 4.43. The number of aliphatic imine (C=N–C) groups is 1. The number of benzene rings is 1. The summed E-state index contributed by atoms with van der Waals surface area (Å²) >= 11 is 1.29. The molecule has 0 unspecified atom stereocenters. The van der Waals surface area contributed by atoms with E-state index in [2.05, 4.69) is 4.99 Å². The average Bonchev–Trinajstić information content (AvgIpc) is 2.84. The predicted molar refractivity (Wildman–Crippen MR) is 76.8 cm³/mol. The van der Waals surface area contributed by atoms with Crippen LogP contribution in [0.1, 0.15) is 5.56 Å². The van der Waals surface area contributed by atoms with E-state index < -0.39 is 0 Å². The van der Waals surface area contributed by atoms with E-state index in [4.69, 9.17) is 4.74 Å². The third kappa shape index (κ3) is 2.76. The molecule has 2 heterocycles. The molecule has 0 aromatic heterocycles. The molecule has 1 aromatic rings. The van der Waals surface area contributed by atoms with Crippen molar-refractivity contribution < 1.29 is 13.9 Å². The van der Waals surface area contributed by atoms with E-state index in [1.165, 1.54) is 17.8 Å². The Hall–Kier alpha value is -1.66. The number of ether oxygens (including phenoxy) is 1. The van der Waals surface area contributed by atoms with Crippen molar-refractivity contribution in [2.45, 2.75) is 0 Å². The molecule has 1 aromatic carbocycles. The summed E-state index contributed by atoms with van der Waals surface area (Å²) in [4.78, 5) is 18.4. The number of hydrogen-bond acceptors (Lipinski definition) is 4. The van der Waals surface area contributed by atoms with E-state index in [1.54, 1.807) is 24.3 Å². The van der Waals surface area contributed by atoms with Crippen molar-refractivity contribution in [3.05, 3.63) is 40.6 Å². The highest BCUT2D eigenvalue weighted by Crippen LogP contribution is 2.30. The topological polar surface area (TPSA) is 41.9 Å². The summed E-state index contributed by atoms with van der Waals surface area (Å²) < 4.78 is 18.9. The van der Waals surface area contributed by atoms with Gasteiger partial charge in [0.15, 0.2) is 5.17 Å². The molecule has 1 amide bonds. The van der Waals surface area contributed by atoms with Gasteiger partial charge in [-0.05, 0) is 23.9 Å². The molecule has 6 heteroatoms. The normalized spacial score (nSPS) is 21.4. The van der Waals surface area contributed by atoms with Gasteiger partial charge < -0.3 is 9.64 Å². The molecule has 0 saturated carbocycles. The first-order valence-electron chi connectivity index (χ1n) is 6.34. The van der Waals surface area contributed by atoms with Gasteiger partial charge in [0, 0.05) is 18.7 Å². The van der Waals surface area contributed by atoms with Gasteiger partial charge >= 0.3 is 0 Å². The van der Waals surface area contributed by atoms with E-state index in [1.807, 2.05) is 4.90 Å². The lowest BCUT2D eigenvalue weighted by atomic mass is 10.2. The van der Waals surface area contributed by atoms with E-state index in [-0.39, 0.29) is 11.7 Å². The number of amides is 1. The van der Waals surface area contributed by atoms with Crippen molar-refractivity contribution in [3.63, 3.8) is 0 Å². The third-order valence-corrected chi connectivity index (χ3v) is 4.13. The van der Waals surface area contributed by atoms with Crippen molar-refractivity contribution in [3.8, 4) is 0 Å². The van der Waals surface area contributed by atoms with Crippen LogP contribution in [0.5, 0.6) is 0 Å². The molecule has 0 N–H and O–H groups in total. The summed E-state index contributed by atoms with van der Waals surface area (Å²) in [5, 5.41) is 0.681. The zero-order valence-electron chi connectivity index (χ0n) is 10.7. The monoisotopic (exact) mass is 292 g/mol. The molecule has 4 nitrogen and oxygen atoms in total. The van der Waals surface area contributed by atoms with Crippen LogP contribution < -0.4 is 0 Å². The molecular weight excluding hydrogens is 279 g/mol. The number of carbonyl (C=O) groups is 1. The van der Waals surface area contributed by atoms with E-state index in [0.717, 1.165) is 13.1 Å². The number of carbonyl (C=O) groups excluding carboxylic acids is 1. The molecule has 0 spiro atoms. The number of morpholine rings is 1. The number of nitrogens with zero attached hydrogens (tertiary/aromatic N) is 2. The van der Waals surface area contributed by atoms with Crippen molar-refractivity contribution >= 4 is 28.9 Å². The molecule has 3 rings (SSSR count). The van der Waals surface area contributed by atoms with Crippen LogP contribution in [0.25, 0.3) is 6.08 Å². The maximum absolute atomic E-state index is 13.6. The van der Waals surface area contributed by atoms with Gasteiger partial charge in [0.05, 0.1) is 18.1 Å². The van der Waals surface area contributed by atoms with Crippen LogP contribution in [0.15, 0.2) is 34.2 Å². The Kier molecular flexibility index (Phi) is 3.84. The minimum atomic E-state index is -0.340. The number of hydrogen-bond donors (Lipinski definition) is 0. The fraction of sp³-hybridized carbons (Fsp3) is 0.286. The van der Waals surface area contributed by atoms with Crippen LogP contribution in [-0.4, -0.2) is 42.3 Å². The first kappa shape index (κ1) is 13.3. The summed E-state index contributed by atoms with van der Waals surface area (Å²) in [6.07, 6.45) is 1.55. The quantitative estimate of drug-likeness (QED) is 0.744. The number of amidine groups is 1. The van der Waals surface area contributed by atoms with Gasteiger partial charge in [-0.3, -0.25) is 4.79 Å². The molecule has 20 heavy (non-hydrogen) atoms. The third-order valence-electron chi connectivity index (χ3n) is 3.08. The molecule has 0 radical (unpaired) electrons. The summed E-state index contributed by atoms with van der Waals surface area (Å²) in [5.41, 5.74) is 0.404. The summed E-state index contributed by atoms with van der Waals surface area (Å²) in [5.74, 6) is -0.645. The highest BCUT2D eigenvalue weighted by Gasteiger charge is 2.27. The van der Waals surface area contributed by atoms with Crippen molar-refractivity contribution in [2.24, 2.45) is 4.99 Å². The zero-order chi connectivity index (χ0) is 13.9. The first-order chi connectivity index (χ1) is 9.74.